The van der Waals surface area contributed by atoms with Crippen LogP contribution < -0.4 is 14.4 Å². The molecule has 3 aromatic rings. The van der Waals surface area contributed by atoms with Gasteiger partial charge in [-0.1, -0.05) is 36.4 Å². The lowest BCUT2D eigenvalue weighted by Gasteiger charge is -2.16. The van der Waals surface area contributed by atoms with Gasteiger partial charge >= 0.3 is 12.6 Å². The zero-order valence-corrected chi connectivity index (χ0v) is 17.6. The number of benzene rings is 3. The summed E-state index contributed by atoms with van der Waals surface area (Å²) in [7, 11) is 1.44. The van der Waals surface area contributed by atoms with E-state index in [4.69, 9.17) is 14.2 Å². The van der Waals surface area contributed by atoms with E-state index in [1.54, 1.807) is 55.5 Å². The first-order chi connectivity index (χ1) is 15.4. The molecule has 6 nitrogen and oxygen atoms in total. The maximum atomic E-state index is 13.3. The predicted octanol–water partition coefficient (Wildman–Crippen LogP) is 4.72. The zero-order valence-electron chi connectivity index (χ0n) is 17.6. The average molecular weight is 441 g/mol. The Bertz CT molecular complexity index is 1180. The van der Waals surface area contributed by atoms with Crippen LogP contribution >= 0.6 is 0 Å². The number of rotatable bonds is 7. The fourth-order valence-electron chi connectivity index (χ4n) is 3.99. The summed E-state index contributed by atoms with van der Waals surface area (Å²) in [6.07, 6.45) is 0.119. The van der Waals surface area contributed by atoms with Gasteiger partial charge in [0.05, 0.1) is 32.2 Å². The predicted molar refractivity (Wildman–Crippen MR) is 114 cm³/mol. The van der Waals surface area contributed by atoms with Gasteiger partial charge in [-0.05, 0) is 24.6 Å². The first-order valence-electron chi connectivity index (χ1n) is 10.1. The number of hydrogen-bond donors (Lipinski definition) is 0. The first kappa shape index (κ1) is 21.5. The van der Waals surface area contributed by atoms with Crippen LogP contribution in [-0.2, 0) is 22.5 Å². The van der Waals surface area contributed by atoms with E-state index in [1.165, 1.54) is 12.0 Å². The molecule has 0 saturated carbocycles. The highest BCUT2D eigenvalue weighted by Gasteiger charge is 2.37. The number of fused-ring (bicyclic) bond motifs is 2. The third-order valence-corrected chi connectivity index (χ3v) is 5.31. The minimum atomic E-state index is -3.04. The Labute approximate surface area is 183 Å². The van der Waals surface area contributed by atoms with Crippen molar-refractivity contribution in [1.29, 1.82) is 0 Å². The monoisotopic (exact) mass is 441 g/mol. The Kier molecular flexibility index (Phi) is 5.94. The largest absolute Gasteiger partial charge is 0.495 e. The van der Waals surface area contributed by atoms with E-state index >= 15 is 0 Å². The molecule has 1 heterocycles. The van der Waals surface area contributed by atoms with E-state index < -0.39 is 6.61 Å². The van der Waals surface area contributed by atoms with Crippen LogP contribution in [0.5, 0.6) is 11.5 Å². The smallest absolute Gasteiger partial charge is 0.387 e. The quantitative estimate of drug-likeness (QED) is 0.497. The molecule has 0 radical (unpaired) electrons. The third kappa shape index (κ3) is 3.84. The summed E-state index contributed by atoms with van der Waals surface area (Å²) in [5, 5.41) is 0.965. The molecular formula is C24H21F2NO5. The topological polar surface area (TPSA) is 65.1 Å². The van der Waals surface area contributed by atoms with Crippen LogP contribution in [0.1, 0.15) is 28.4 Å². The number of ether oxygens (including phenoxy) is 3. The molecule has 1 aliphatic rings. The summed E-state index contributed by atoms with van der Waals surface area (Å²) in [5.74, 6) is -0.417. The molecule has 0 spiro atoms. The van der Waals surface area contributed by atoms with E-state index in [-0.39, 0.29) is 36.2 Å². The lowest BCUT2D eigenvalue weighted by atomic mass is 9.99. The van der Waals surface area contributed by atoms with Crippen molar-refractivity contribution in [3.8, 4) is 11.5 Å². The maximum absolute atomic E-state index is 13.3. The highest BCUT2D eigenvalue weighted by molar-refractivity contribution is 6.16. The van der Waals surface area contributed by atoms with Gasteiger partial charge in [-0.3, -0.25) is 9.59 Å². The van der Waals surface area contributed by atoms with Gasteiger partial charge in [-0.25, -0.2) is 0 Å². The van der Waals surface area contributed by atoms with Gasteiger partial charge in [-0.2, -0.15) is 8.78 Å². The molecule has 0 saturated heterocycles. The van der Waals surface area contributed by atoms with Crippen LogP contribution in [0.4, 0.5) is 14.5 Å². The summed E-state index contributed by atoms with van der Waals surface area (Å²) < 4.78 is 41.8. The van der Waals surface area contributed by atoms with Crippen molar-refractivity contribution in [1.82, 2.24) is 0 Å². The molecule has 4 rings (SSSR count). The number of methoxy groups -OCH3 is 1. The molecule has 8 heteroatoms. The maximum Gasteiger partial charge on any atom is 0.387 e. The molecule has 32 heavy (non-hydrogen) atoms. The second-order valence-corrected chi connectivity index (χ2v) is 7.18. The van der Waals surface area contributed by atoms with Crippen molar-refractivity contribution in [2.75, 3.05) is 18.6 Å². The number of carbonyl (C=O) groups excluding carboxylic acids is 2. The number of halogens is 2. The Hall–Kier alpha value is -3.68. The van der Waals surface area contributed by atoms with Crippen LogP contribution in [0.3, 0.4) is 0 Å². The number of nitrogens with zero attached hydrogens (tertiary/aromatic N) is 1. The highest BCUT2D eigenvalue weighted by Crippen LogP contribution is 2.46. The summed E-state index contributed by atoms with van der Waals surface area (Å²) >= 11 is 0. The van der Waals surface area contributed by atoms with Gasteiger partial charge < -0.3 is 19.1 Å². The zero-order chi connectivity index (χ0) is 22.8. The fraction of sp³-hybridized carbons (Fsp3) is 0.250. The van der Waals surface area contributed by atoms with Crippen molar-refractivity contribution < 1.29 is 32.6 Å². The number of hydrogen-bond acceptors (Lipinski definition) is 5. The number of anilines is 1. The standard InChI is InChI=1S/C24H21F2NO5/c1-3-31-19(28)12-14-8-10-15(11-9-14)27-13-18-20(23(27)29)22(30-2)17-7-5-4-6-16(17)21(18)32-24(25)26/h4-11,24H,3,12-13H2,1-2H3. The molecule has 0 aliphatic carbocycles. The van der Waals surface area contributed by atoms with E-state index in [1.807, 2.05) is 0 Å². The van der Waals surface area contributed by atoms with Gasteiger partial charge in [0.1, 0.15) is 11.5 Å². The average Bonchev–Trinajstić information content (AvgIpc) is 3.11. The summed E-state index contributed by atoms with van der Waals surface area (Å²) in [6, 6.07) is 13.7. The SMILES string of the molecule is CCOC(=O)Cc1ccc(N2Cc3c(c(OC)c4ccccc4c3OC(F)F)C2=O)cc1. The summed E-state index contributed by atoms with van der Waals surface area (Å²) in [6.45, 7) is -0.950. The number of carbonyl (C=O) groups is 2. The van der Waals surface area contributed by atoms with Gasteiger partial charge in [0.25, 0.3) is 5.91 Å². The number of alkyl halides is 2. The molecule has 0 atom stereocenters. The Morgan fingerprint density at radius 1 is 1.06 bits per heavy atom. The van der Waals surface area contributed by atoms with Gasteiger partial charge in [0.2, 0.25) is 0 Å². The first-order valence-corrected chi connectivity index (χ1v) is 10.1. The Morgan fingerprint density at radius 2 is 1.72 bits per heavy atom. The van der Waals surface area contributed by atoms with Gasteiger partial charge in [0, 0.05) is 22.0 Å². The van der Waals surface area contributed by atoms with Crippen LogP contribution in [0, 0.1) is 0 Å². The molecule has 0 unspecified atom stereocenters. The molecule has 0 fully saturated rings. The van der Waals surface area contributed by atoms with Crippen molar-refractivity contribution in [2.24, 2.45) is 0 Å². The molecule has 3 aromatic carbocycles. The van der Waals surface area contributed by atoms with Crippen LogP contribution in [0.2, 0.25) is 0 Å². The molecule has 166 valence electrons. The fourth-order valence-corrected chi connectivity index (χ4v) is 3.99. The van der Waals surface area contributed by atoms with Crippen molar-refractivity contribution in [2.45, 2.75) is 26.5 Å². The lowest BCUT2D eigenvalue weighted by molar-refractivity contribution is -0.142. The number of esters is 1. The minimum absolute atomic E-state index is 0.0267. The van der Waals surface area contributed by atoms with Gasteiger partial charge in [-0.15, -0.1) is 0 Å². The molecule has 0 N–H and O–H groups in total. The normalized spacial score (nSPS) is 12.9. The van der Waals surface area contributed by atoms with Gasteiger partial charge in [0.15, 0.2) is 0 Å². The third-order valence-electron chi connectivity index (χ3n) is 5.31. The summed E-state index contributed by atoms with van der Waals surface area (Å²) in [5.41, 5.74) is 1.85. The van der Waals surface area contributed by atoms with Crippen molar-refractivity contribution >= 4 is 28.3 Å². The van der Waals surface area contributed by atoms with E-state index in [9.17, 15) is 18.4 Å². The Balaban J connectivity index is 1.74. The van der Waals surface area contributed by atoms with Crippen LogP contribution in [0.15, 0.2) is 48.5 Å². The highest BCUT2D eigenvalue weighted by atomic mass is 19.3. The molecular weight excluding hydrogens is 420 g/mol. The van der Waals surface area contributed by atoms with E-state index in [0.29, 0.717) is 34.4 Å². The molecule has 0 bridgehead atoms. The van der Waals surface area contributed by atoms with Crippen molar-refractivity contribution in [3.05, 3.63) is 65.2 Å². The van der Waals surface area contributed by atoms with Crippen molar-refractivity contribution in [3.63, 3.8) is 0 Å². The van der Waals surface area contributed by atoms with Crippen LogP contribution in [-0.4, -0.2) is 32.2 Å². The number of amides is 1. The summed E-state index contributed by atoms with van der Waals surface area (Å²) in [4.78, 5) is 26.5. The van der Waals surface area contributed by atoms with E-state index in [0.717, 1.165) is 5.56 Å². The molecule has 1 aliphatic heterocycles. The van der Waals surface area contributed by atoms with Crippen LogP contribution in [0.25, 0.3) is 10.8 Å². The minimum Gasteiger partial charge on any atom is -0.495 e. The molecule has 0 aromatic heterocycles. The second-order valence-electron chi connectivity index (χ2n) is 7.18. The van der Waals surface area contributed by atoms with E-state index in [2.05, 4.69) is 0 Å². The lowest BCUT2D eigenvalue weighted by Crippen LogP contribution is -2.23. The second kappa shape index (κ2) is 8.82. The Morgan fingerprint density at radius 3 is 2.31 bits per heavy atom. The molecule has 1 amide bonds.